The van der Waals surface area contributed by atoms with Crippen LogP contribution in [-0.4, -0.2) is 32.5 Å². The number of furan rings is 1. The van der Waals surface area contributed by atoms with Crippen LogP contribution in [0.25, 0.3) is 11.6 Å². The summed E-state index contributed by atoms with van der Waals surface area (Å²) in [5, 5.41) is 12.3. The van der Waals surface area contributed by atoms with Crippen molar-refractivity contribution in [3.05, 3.63) is 18.4 Å². The molecule has 23 heavy (non-hydrogen) atoms. The molecule has 3 rings (SSSR count). The van der Waals surface area contributed by atoms with Gasteiger partial charge >= 0.3 is 0 Å². The van der Waals surface area contributed by atoms with E-state index < -0.39 is 0 Å². The summed E-state index contributed by atoms with van der Waals surface area (Å²) in [6.45, 7) is 5.86. The number of hydrogen-bond donors (Lipinski definition) is 1. The van der Waals surface area contributed by atoms with Crippen LogP contribution < -0.4 is 5.32 Å². The van der Waals surface area contributed by atoms with E-state index in [1.54, 1.807) is 6.26 Å². The smallest absolute Gasteiger partial charge is 0.233 e. The Morgan fingerprint density at radius 1 is 1.43 bits per heavy atom. The zero-order chi connectivity index (χ0) is 16.2. The van der Waals surface area contributed by atoms with Crippen molar-refractivity contribution in [1.82, 2.24) is 20.1 Å². The van der Waals surface area contributed by atoms with Gasteiger partial charge in [-0.3, -0.25) is 9.36 Å². The van der Waals surface area contributed by atoms with Gasteiger partial charge in [0.25, 0.3) is 0 Å². The molecule has 0 aliphatic carbocycles. The third kappa shape index (κ3) is 3.77. The summed E-state index contributed by atoms with van der Waals surface area (Å²) in [6.07, 6.45) is 4.61. The van der Waals surface area contributed by atoms with E-state index in [9.17, 15) is 4.79 Å². The Hall–Kier alpha value is -1.76. The van der Waals surface area contributed by atoms with Crippen LogP contribution in [0.5, 0.6) is 0 Å². The lowest BCUT2D eigenvalue weighted by molar-refractivity contribution is -0.120. The molecular weight excluding hydrogens is 312 g/mol. The van der Waals surface area contributed by atoms with Crippen LogP contribution in [0.3, 0.4) is 0 Å². The van der Waals surface area contributed by atoms with Crippen molar-refractivity contribution in [3.8, 4) is 11.6 Å². The van der Waals surface area contributed by atoms with Crippen LogP contribution in [0.2, 0.25) is 0 Å². The Morgan fingerprint density at radius 2 is 2.30 bits per heavy atom. The molecule has 2 aromatic heterocycles. The molecule has 124 valence electrons. The van der Waals surface area contributed by atoms with Crippen LogP contribution in [0.15, 0.2) is 28.0 Å². The minimum Gasteiger partial charge on any atom is -0.461 e. The quantitative estimate of drug-likeness (QED) is 0.910. The summed E-state index contributed by atoms with van der Waals surface area (Å²) in [5.41, 5.74) is 0. The summed E-state index contributed by atoms with van der Waals surface area (Å²) in [6, 6.07) is 3.73. The topological polar surface area (TPSA) is 73.0 Å². The van der Waals surface area contributed by atoms with Gasteiger partial charge in [-0.25, -0.2) is 0 Å². The largest absolute Gasteiger partial charge is 0.461 e. The summed E-state index contributed by atoms with van der Waals surface area (Å²) in [5.74, 6) is 1.98. The van der Waals surface area contributed by atoms with Gasteiger partial charge in [-0.1, -0.05) is 32.0 Å². The van der Waals surface area contributed by atoms with Gasteiger partial charge in [0.1, 0.15) is 0 Å². The second-order valence-electron chi connectivity index (χ2n) is 6.18. The lowest BCUT2D eigenvalue weighted by atomic mass is 10.2. The number of amides is 1. The molecule has 0 aromatic carbocycles. The van der Waals surface area contributed by atoms with E-state index in [4.69, 9.17) is 4.42 Å². The number of nitrogens with one attached hydrogen (secondary N) is 1. The van der Waals surface area contributed by atoms with Gasteiger partial charge in [-0.05, 0) is 30.9 Å². The molecule has 1 aliphatic rings. The molecule has 0 spiro atoms. The van der Waals surface area contributed by atoms with Crippen LogP contribution in [0.4, 0.5) is 0 Å². The molecule has 1 aliphatic heterocycles. The molecule has 3 heterocycles. The average Bonchev–Trinajstić information content (AvgIpc) is 3.10. The van der Waals surface area contributed by atoms with Gasteiger partial charge < -0.3 is 9.73 Å². The van der Waals surface area contributed by atoms with Gasteiger partial charge in [0, 0.05) is 13.1 Å². The number of rotatable bonds is 5. The standard InChI is InChI=1S/C16H22N4O2S/c1-11(2)10-20-14(12-6-5-9-22-12)18-19-16(20)23-13-7-3-4-8-17-15(13)21/h5-6,9,11,13H,3-4,7-8,10H2,1-2H3,(H,17,21). The van der Waals surface area contributed by atoms with Gasteiger partial charge in [-0.15, -0.1) is 10.2 Å². The third-order valence-corrected chi connectivity index (χ3v) is 4.99. The highest BCUT2D eigenvalue weighted by molar-refractivity contribution is 8.00. The Labute approximate surface area is 140 Å². The van der Waals surface area contributed by atoms with Crippen molar-refractivity contribution in [1.29, 1.82) is 0 Å². The fourth-order valence-electron chi connectivity index (χ4n) is 2.64. The van der Waals surface area contributed by atoms with Gasteiger partial charge in [0.05, 0.1) is 11.5 Å². The lowest BCUT2D eigenvalue weighted by Gasteiger charge is -2.15. The van der Waals surface area contributed by atoms with Crippen LogP contribution in [0, 0.1) is 5.92 Å². The molecule has 0 saturated carbocycles. The highest BCUT2D eigenvalue weighted by Gasteiger charge is 2.26. The SMILES string of the molecule is CC(C)Cn1c(SC2CCCCNC2=O)nnc1-c1ccco1. The van der Waals surface area contributed by atoms with E-state index in [-0.39, 0.29) is 11.2 Å². The maximum absolute atomic E-state index is 12.2. The molecule has 1 saturated heterocycles. The monoisotopic (exact) mass is 334 g/mol. The molecule has 1 N–H and O–H groups in total. The maximum Gasteiger partial charge on any atom is 0.233 e. The van der Waals surface area contributed by atoms with Crippen molar-refractivity contribution in [3.63, 3.8) is 0 Å². The highest BCUT2D eigenvalue weighted by Crippen LogP contribution is 2.30. The van der Waals surface area contributed by atoms with Crippen LogP contribution >= 0.6 is 11.8 Å². The van der Waals surface area contributed by atoms with E-state index in [1.807, 2.05) is 12.1 Å². The van der Waals surface area contributed by atoms with Gasteiger partial charge in [-0.2, -0.15) is 0 Å². The first-order chi connectivity index (χ1) is 11.1. The molecule has 0 bridgehead atoms. The van der Waals surface area contributed by atoms with Crippen molar-refractivity contribution >= 4 is 17.7 Å². The van der Waals surface area contributed by atoms with E-state index in [0.717, 1.165) is 43.3 Å². The second kappa shape index (κ2) is 7.21. The summed E-state index contributed by atoms with van der Waals surface area (Å²) >= 11 is 1.51. The minimum absolute atomic E-state index is 0.0999. The van der Waals surface area contributed by atoms with E-state index in [1.165, 1.54) is 11.8 Å². The molecule has 1 fully saturated rings. The number of hydrogen-bond acceptors (Lipinski definition) is 5. The minimum atomic E-state index is -0.0999. The van der Waals surface area contributed by atoms with Gasteiger partial charge in [0.15, 0.2) is 16.7 Å². The fourth-order valence-corrected chi connectivity index (χ4v) is 3.75. The number of nitrogens with zero attached hydrogens (tertiary/aromatic N) is 3. The molecular formula is C16H22N4O2S. The molecule has 6 nitrogen and oxygen atoms in total. The van der Waals surface area contributed by atoms with Crippen molar-refractivity contribution in [2.45, 2.75) is 50.1 Å². The highest BCUT2D eigenvalue weighted by atomic mass is 32.2. The molecule has 0 radical (unpaired) electrons. The molecule has 1 unspecified atom stereocenters. The van der Waals surface area contributed by atoms with Crippen molar-refractivity contribution in [2.75, 3.05) is 6.54 Å². The van der Waals surface area contributed by atoms with E-state index >= 15 is 0 Å². The Bertz CT molecular complexity index is 651. The van der Waals surface area contributed by atoms with Crippen LogP contribution in [-0.2, 0) is 11.3 Å². The number of carbonyl (C=O) groups excluding carboxylic acids is 1. The van der Waals surface area contributed by atoms with Crippen molar-refractivity contribution in [2.24, 2.45) is 5.92 Å². The molecule has 7 heteroatoms. The zero-order valence-electron chi connectivity index (χ0n) is 13.5. The zero-order valence-corrected chi connectivity index (χ0v) is 14.3. The lowest BCUT2D eigenvalue weighted by Crippen LogP contribution is -2.30. The molecule has 2 aromatic rings. The first kappa shape index (κ1) is 16.1. The summed E-state index contributed by atoms with van der Waals surface area (Å²) in [7, 11) is 0. The number of carbonyl (C=O) groups is 1. The van der Waals surface area contributed by atoms with Crippen molar-refractivity contribution < 1.29 is 9.21 Å². The maximum atomic E-state index is 12.2. The first-order valence-corrected chi connectivity index (χ1v) is 8.94. The average molecular weight is 334 g/mol. The van der Waals surface area contributed by atoms with E-state index in [0.29, 0.717) is 11.7 Å². The molecule has 1 amide bonds. The third-order valence-electron chi connectivity index (χ3n) is 3.74. The summed E-state index contributed by atoms with van der Waals surface area (Å²) < 4.78 is 7.54. The van der Waals surface area contributed by atoms with Crippen LogP contribution in [0.1, 0.15) is 33.1 Å². The predicted molar refractivity (Wildman–Crippen MR) is 89.1 cm³/mol. The Kier molecular flexibility index (Phi) is 5.05. The number of aromatic nitrogens is 3. The Morgan fingerprint density at radius 3 is 3.04 bits per heavy atom. The first-order valence-electron chi connectivity index (χ1n) is 8.06. The molecule has 1 atom stereocenters. The second-order valence-corrected chi connectivity index (χ2v) is 7.35. The normalized spacial score (nSPS) is 18.9. The predicted octanol–water partition coefficient (Wildman–Crippen LogP) is 2.95. The van der Waals surface area contributed by atoms with E-state index in [2.05, 4.69) is 33.9 Å². The van der Waals surface area contributed by atoms with Gasteiger partial charge in [0.2, 0.25) is 5.91 Å². The number of thioether (sulfide) groups is 1. The fraction of sp³-hybridized carbons (Fsp3) is 0.562. The summed E-state index contributed by atoms with van der Waals surface area (Å²) in [4.78, 5) is 12.2. The Balaban J connectivity index is 1.87.